The summed E-state index contributed by atoms with van der Waals surface area (Å²) in [6.07, 6.45) is 0.630. The van der Waals surface area contributed by atoms with Gasteiger partial charge < -0.3 is 10.4 Å². The summed E-state index contributed by atoms with van der Waals surface area (Å²) in [7, 11) is 0. The predicted octanol–water partition coefficient (Wildman–Crippen LogP) is 2.51. The van der Waals surface area contributed by atoms with E-state index in [-0.39, 0.29) is 17.1 Å². The molecule has 1 aromatic carbocycles. The molecular weight excluding hydrogens is 264 g/mol. The molecule has 1 atom stereocenters. The third-order valence-corrected chi connectivity index (χ3v) is 2.63. The molecule has 0 saturated heterocycles. The minimum Gasteiger partial charge on any atom is -0.393 e. The normalized spacial score (nSPS) is 12.3. The summed E-state index contributed by atoms with van der Waals surface area (Å²) >= 11 is 5.38. The third kappa shape index (κ3) is 4.23. The molecule has 100 valence electrons. The molecule has 0 aliphatic heterocycles. The Morgan fingerprint density at radius 2 is 2.11 bits per heavy atom. The van der Waals surface area contributed by atoms with E-state index in [0.29, 0.717) is 12.8 Å². The van der Waals surface area contributed by atoms with Gasteiger partial charge in [-0.1, -0.05) is 11.6 Å². The maximum absolute atomic E-state index is 13.4. The van der Waals surface area contributed by atoms with Crippen molar-refractivity contribution in [1.82, 2.24) is 5.32 Å². The van der Waals surface area contributed by atoms with Crippen molar-refractivity contribution in [2.24, 2.45) is 0 Å². The SMILES string of the molecule is CC(O)CCCNC(=O)c1cc(F)c(Cl)cc1F. The Morgan fingerprint density at radius 3 is 2.72 bits per heavy atom. The van der Waals surface area contributed by atoms with Crippen LogP contribution in [0.25, 0.3) is 0 Å². The molecule has 6 heteroatoms. The number of nitrogens with one attached hydrogen (secondary N) is 1. The number of aliphatic hydroxyl groups excluding tert-OH is 1. The zero-order valence-electron chi connectivity index (χ0n) is 9.84. The van der Waals surface area contributed by atoms with Gasteiger partial charge in [-0.05, 0) is 31.9 Å². The number of aliphatic hydroxyl groups is 1. The van der Waals surface area contributed by atoms with Crippen LogP contribution in [0, 0.1) is 11.6 Å². The monoisotopic (exact) mass is 277 g/mol. The second-order valence-corrected chi connectivity index (χ2v) is 4.40. The lowest BCUT2D eigenvalue weighted by Crippen LogP contribution is -2.26. The van der Waals surface area contributed by atoms with Crippen molar-refractivity contribution >= 4 is 17.5 Å². The fourth-order valence-corrected chi connectivity index (χ4v) is 1.54. The summed E-state index contributed by atoms with van der Waals surface area (Å²) in [6.45, 7) is 1.92. The van der Waals surface area contributed by atoms with Crippen LogP contribution in [0.4, 0.5) is 8.78 Å². The van der Waals surface area contributed by atoms with Crippen molar-refractivity contribution < 1.29 is 18.7 Å². The van der Waals surface area contributed by atoms with Crippen molar-refractivity contribution in [2.75, 3.05) is 6.54 Å². The van der Waals surface area contributed by atoms with Crippen molar-refractivity contribution in [1.29, 1.82) is 0 Å². The average molecular weight is 278 g/mol. The van der Waals surface area contributed by atoms with E-state index >= 15 is 0 Å². The van der Waals surface area contributed by atoms with Gasteiger partial charge in [-0.15, -0.1) is 0 Å². The largest absolute Gasteiger partial charge is 0.393 e. The van der Waals surface area contributed by atoms with Gasteiger partial charge >= 0.3 is 0 Å². The third-order valence-electron chi connectivity index (χ3n) is 2.34. The highest BCUT2D eigenvalue weighted by molar-refractivity contribution is 6.30. The molecule has 0 fully saturated rings. The highest BCUT2D eigenvalue weighted by atomic mass is 35.5. The quantitative estimate of drug-likeness (QED) is 0.642. The van der Waals surface area contributed by atoms with Gasteiger partial charge in [0.2, 0.25) is 0 Å². The van der Waals surface area contributed by atoms with Crippen molar-refractivity contribution in [2.45, 2.75) is 25.9 Å². The highest BCUT2D eigenvalue weighted by Gasteiger charge is 2.14. The second kappa shape index (κ2) is 6.66. The molecule has 0 aliphatic carbocycles. The predicted molar refractivity (Wildman–Crippen MR) is 64.6 cm³/mol. The molecule has 3 nitrogen and oxygen atoms in total. The first-order valence-electron chi connectivity index (χ1n) is 5.52. The molecule has 18 heavy (non-hydrogen) atoms. The molecule has 0 heterocycles. The van der Waals surface area contributed by atoms with Gasteiger partial charge in [-0.3, -0.25) is 4.79 Å². The number of hydrogen-bond acceptors (Lipinski definition) is 2. The Hall–Kier alpha value is -1.20. The topological polar surface area (TPSA) is 49.3 Å². The summed E-state index contributed by atoms with van der Waals surface area (Å²) in [5.74, 6) is -2.41. The number of halogens is 3. The van der Waals surface area contributed by atoms with E-state index in [1.54, 1.807) is 6.92 Å². The van der Waals surface area contributed by atoms with E-state index in [2.05, 4.69) is 5.32 Å². The fraction of sp³-hybridized carbons (Fsp3) is 0.417. The van der Waals surface area contributed by atoms with E-state index < -0.39 is 23.6 Å². The van der Waals surface area contributed by atoms with Crippen LogP contribution in [-0.4, -0.2) is 23.7 Å². The minimum atomic E-state index is -0.866. The number of amides is 1. The Morgan fingerprint density at radius 1 is 1.44 bits per heavy atom. The number of rotatable bonds is 5. The van der Waals surface area contributed by atoms with E-state index in [4.69, 9.17) is 16.7 Å². The Balaban J connectivity index is 2.59. The fourth-order valence-electron chi connectivity index (χ4n) is 1.39. The Bertz CT molecular complexity index is 438. The summed E-state index contributed by atoms with van der Waals surface area (Å²) in [5.41, 5.74) is -0.381. The lowest BCUT2D eigenvalue weighted by molar-refractivity contribution is 0.0945. The van der Waals surface area contributed by atoms with E-state index in [1.165, 1.54) is 0 Å². The molecule has 0 bridgehead atoms. The number of hydrogen-bond donors (Lipinski definition) is 2. The molecule has 1 unspecified atom stereocenters. The van der Waals surface area contributed by atoms with Gasteiger partial charge in [-0.25, -0.2) is 8.78 Å². The molecule has 0 aliphatic rings. The summed E-state index contributed by atoms with van der Waals surface area (Å²) < 4.78 is 26.5. The number of carbonyl (C=O) groups excluding carboxylic acids is 1. The molecule has 0 saturated carbocycles. The minimum absolute atomic E-state index is 0.285. The van der Waals surface area contributed by atoms with Crippen molar-refractivity contribution in [3.63, 3.8) is 0 Å². The molecule has 0 aromatic heterocycles. The second-order valence-electron chi connectivity index (χ2n) is 3.99. The van der Waals surface area contributed by atoms with Crippen molar-refractivity contribution in [3.05, 3.63) is 34.4 Å². The van der Waals surface area contributed by atoms with Crippen LogP contribution in [0.1, 0.15) is 30.1 Å². The maximum Gasteiger partial charge on any atom is 0.254 e. The van der Waals surface area contributed by atoms with Crippen LogP contribution in [0.3, 0.4) is 0 Å². The summed E-state index contributed by atoms with van der Waals surface area (Å²) in [4.78, 5) is 11.6. The zero-order chi connectivity index (χ0) is 13.7. The standard InChI is InChI=1S/C12H14ClF2NO2/c1-7(17)3-2-4-16-12(18)8-5-11(15)9(13)6-10(8)14/h5-7,17H,2-4H2,1H3,(H,16,18). The molecular formula is C12H14ClF2NO2. The lowest BCUT2D eigenvalue weighted by atomic mass is 10.2. The smallest absolute Gasteiger partial charge is 0.254 e. The molecule has 1 rings (SSSR count). The molecule has 2 N–H and O–H groups in total. The molecule has 1 amide bonds. The zero-order valence-corrected chi connectivity index (χ0v) is 10.6. The van der Waals surface area contributed by atoms with Gasteiger partial charge in [-0.2, -0.15) is 0 Å². The first-order valence-corrected chi connectivity index (χ1v) is 5.90. The van der Waals surface area contributed by atoms with Gasteiger partial charge in [0, 0.05) is 6.54 Å². The van der Waals surface area contributed by atoms with E-state index in [1.807, 2.05) is 0 Å². The Kier molecular flexibility index (Phi) is 5.50. The van der Waals surface area contributed by atoms with E-state index in [0.717, 1.165) is 12.1 Å². The van der Waals surface area contributed by atoms with Gasteiger partial charge in [0.25, 0.3) is 5.91 Å². The van der Waals surface area contributed by atoms with Crippen LogP contribution in [0.15, 0.2) is 12.1 Å². The maximum atomic E-state index is 13.4. The average Bonchev–Trinajstić information content (AvgIpc) is 2.28. The first kappa shape index (κ1) is 14.9. The molecule has 0 spiro atoms. The summed E-state index contributed by atoms with van der Waals surface area (Å²) in [6, 6.07) is 1.53. The van der Waals surface area contributed by atoms with Gasteiger partial charge in [0.05, 0.1) is 16.7 Å². The van der Waals surface area contributed by atoms with Gasteiger partial charge in [0.1, 0.15) is 11.6 Å². The number of benzene rings is 1. The van der Waals surface area contributed by atoms with E-state index in [9.17, 15) is 13.6 Å². The van der Waals surface area contributed by atoms with Crippen LogP contribution in [0.5, 0.6) is 0 Å². The lowest BCUT2D eigenvalue weighted by Gasteiger charge is -2.07. The van der Waals surface area contributed by atoms with Crippen LogP contribution < -0.4 is 5.32 Å². The van der Waals surface area contributed by atoms with Crippen LogP contribution in [0.2, 0.25) is 5.02 Å². The van der Waals surface area contributed by atoms with Crippen LogP contribution >= 0.6 is 11.6 Å². The highest BCUT2D eigenvalue weighted by Crippen LogP contribution is 2.19. The first-order chi connectivity index (χ1) is 8.41. The summed E-state index contributed by atoms with van der Waals surface area (Å²) in [5, 5.41) is 11.1. The van der Waals surface area contributed by atoms with Crippen molar-refractivity contribution in [3.8, 4) is 0 Å². The van der Waals surface area contributed by atoms with Gasteiger partial charge in [0.15, 0.2) is 0 Å². The Labute approximate surface area is 109 Å². The molecule has 1 aromatic rings. The van der Waals surface area contributed by atoms with Crippen LogP contribution in [-0.2, 0) is 0 Å². The number of carbonyl (C=O) groups is 1. The molecule has 0 radical (unpaired) electrons.